The average Bonchev–Trinajstić information content (AvgIpc) is 2.80. The van der Waals surface area contributed by atoms with Gasteiger partial charge in [0.25, 0.3) is 0 Å². The summed E-state index contributed by atoms with van der Waals surface area (Å²) in [4.78, 5) is 14.5. The highest BCUT2D eigenvalue weighted by Gasteiger charge is 2.09. The summed E-state index contributed by atoms with van der Waals surface area (Å²) in [6.45, 7) is 2.48. The predicted molar refractivity (Wildman–Crippen MR) is 122 cm³/mol. The maximum absolute atomic E-state index is 12.2. The number of methoxy groups -OCH3 is 4. The largest absolute Gasteiger partial charge is 0.493 e. The van der Waals surface area contributed by atoms with Gasteiger partial charge in [-0.25, -0.2) is 0 Å². The van der Waals surface area contributed by atoms with Gasteiger partial charge in [-0.15, -0.1) is 0 Å². The molecule has 0 unspecified atom stereocenters. The van der Waals surface area contributed by atoms with Crippen molar-refractivity contribution in [2.75, 3.05) is 55.1 Å². The lowest BCUT2D eigenvalue weighted by molar-refractivity contribution is -0.120. The molecule has 0 spiro atoms. The third-order valence-corrected chi connectivity index (χ3v) is 5.08. The average molecular weight is 431 g/mol. The van der Waals surface area contributed by atoms with Crippen LogP contribution < -0.4 is 24.3 Å². The molecule has 0 aliphatic rings. The normalized spacial score (nSPS) is 10.6. The molecule has 0 saturated carbocycles. The van der Waals surface area contributed by atoms with E-state index in [2.05, 4.69) is 23.3 Å². The van der Waals surface area contributed by atoms with Crippen LogP contribution in [0, 0.1) is 0 Å². The summed E-state index contributed by atoms with van der Waals surface area (Å²) in [6.07, 6.45) is 2.12. The first kappa shape index (κ1) is 24.3. The SMILES string of the molecule is COc1ccc(CCN(C)CCCNC(=O)Cc2ccc(OC)c(OC)c2)cc1OC. The lowest BCUT2D eigenvalue weighted by atomic mass is 10.1. The van der Waals surface area contributed by atoms with E-state index in [1.54, 1.807) is 28.4 Å². The second-order valence-electron chi connectivity index (χ2n) is 7.31. The van der Waals surface area contributed by atoms with E-state index in [0.29, 0.717) is 24.5 Å². The van der Waals surface area contributed by atoms with Crippen LogP contribution in [0.1, 0.15) is 17.5 Å². The van der Waals surface area contributed by atoms with Gasteiger partial charge in [0.1, 0.15) is 0 Å². The van der Waals surface area contributed by atoms with Gasteiger partial charge < -0.3 is 29.2 Å². The third kappa shape index (κ3) is 7.68. The summed E-state index contributed by atoms with van der Waals surface area (Å²) < 4.78 is 21.2. The molecule has 0 radical (unpaired) electrons. The number of hydrogen-bond acceptors (Lipinski definition) is 6. The number of amides is 1. The second kappa shape index (κ2) is 12.7. The van der Waals surface area contributed by atoms with Crippen molar-refractivity contribution < 1.29 is 23.7 Å². The van der Waals surface area contributed by atoms with Crippen molar-refractivity contribution in [2.45, 2.75) is 19.3 Å². The zero-order valence-electron chi connectivity index (χ0n) is 19.2. The van der Waals surface area contributed by atoms with Crippen LogP contribution >= 0.6 is 0 Å². The quantitative estimate of drug-likeness (QED) is 0.493. The van der Waals surface area contributed by atoms with E-state index in [0.717, 1.165) is 43.0 Å². The maximum Gasteiger partial charge on any atom is 0.224 e. The van der Waals surface area contributed by atoms with Crippen LogP contribution in [0.15, 0.2) is 36.4 Å². The Labute approximate surface area is 185 Å². The van der Waals surface area contributed by atoms with Crippen molar-refractivity contribution in [2.24, 2.45) is 0 Å². The van der Waals surface area contributed by atoms with Gasteiger partial charge in [-0.3, -0.25) is 4.79 Å². The van der Waals surface area contributed by atoms with Crippen LogP contribution in [0.2, 0.25) is 0 Å². The second-order valence-corrected chi connectivity index (χ2v) is 7.31. The summed E-state index contributed by atoms with van der Waals surface area (Å²) in [7, 11) is 8.55. The fraction of sp³-hybridized carbons (Fsp3) is 0.458. The minimum atomic E-state index is 0.000186. The van der Waals surface area contributed by atoms with Crippen LogP contribution in [-0.2, 0) is 17.6 Å². The van der Waals surface area contributed by atoms with Crippen molar-refractivity contribution in [3.8, 4) is 23.0 Å². The highest BCUT2D eigenvalue weighted by Crippen LogP contribution is 2.28. The highest BCUT2D eigenvalue weighted by atomic mass is 16.5. The van der Waals surface area contributed by atoms with E-state index in [1.807, 2.05) is 30.3 Å². The van der Waals surface area contributed by atoms with Gasteiger partial charge in [-0.2, -0.15) is 0 Å². The van der Waals surface area contributed by atoms with E-state index in [-0.39, 0.29) is 5.91 Å². The van der Waals surface area contributed by atoms with Crippen LogP contribution in [-0.4, -0.2) is 65.9 Å². The first-order chi connectivity index (χ1) is 15.0. The molecule has 0 bridgehead atoms. The molecule has 0 heterocycles. The van der Waals surface area contributed by atoms with Crippen molar-refractivity contribution in [1.29, 1.82) is 0 Å². The van der Waals surface area contributed by atoms with Crippen LogP contribution in [0.4, 0.5) is 0 Å². The Balaban J connectivity index is 1.68. The Kier molecular flexibility index (Phi) is 9.97. The fourth-order valence-electron chi connectivity index (χ4n) is 3.28. The maximum atomic E-state index is 12.2. The first-order valence-corrected chi connectivity index (χ1v) is 10.4. The molecule has 1 amide bonds. The standard InChI is InChI=1S/C24H34N2O5/c1-26(14-11-18-7-9-20(28-2)22(15-18)30-4)13-6-12-25-24(27)17-19-8-10-21(29-3)23(16-19)31-5/h7-10,15-16H,6,11-14,17H2,1-5H3,(H,25,27). The molecule has 0 aliphatic carbocycles. The number of likely N-dealkylation sites (N-methyl/N-ethyl adjacent to an activating group) is 1. The predicted octanol–water partition coefficient (Wildman–Crippen LogP) is 2.94. The number of ether oxygens (including phenoxy) is 4. The molecule has 2 rings (SSSR count). The number of nitrogens with zero attached hydrogens (tertiary/aromatic N) is 1. The third-order valence-electron chi connectivity index (χ3n) is 5.08. The Morgan fingerprint density at radius 3 is 1.94 bits per heavy atom. The number of rotatable bonds is 13. The molecule has 7 heteroatoms. The van der Waals surface area contributed by atoms with Crippen LogP contribution in [0.5, 0.6) is 23.0 Å². The van der Waals surface area contributed by atoms with Gasteiger partial charge in [0.15, 0.2) is 23.0 Å². The van der Waals surface area contributed by atoms with Crippen LogP contribution in [0.25, 0.3) is 0 Å². The number of carbonyl (C=O) groups is 1. The van der Waals surface area contributed by atoms with Crippen molar-refractivity contribution in [3.63, 3.8) is 0 Å². The monoisotopic (exact) mass is 430 g/mol. The van der Waals surface area contributed by atoms with E-state index in [9.17, 15) is 4.79 Å². The molecular weight excluding hydrogens is 396 g/mol. The summed E-state index contributed by atoms with van der Waals surface area (Å²) in [5, 5.41) is 2.99. The van der Waals surface area contributed by atoms with E-state index >= 15 is 0 Å². The Morgan fingerprint density at radius 1 is 0.806 bits per heavy atom. The number of nitrogens with one attached hydrogen (secondary N) is 1. The summed E-state index contributed by atoms with van der Waals surface area (Å²) in [5.74, 6) is 2.77. The summed E-state index contributed by atoms with van der Waals surface area (Å²) in [5.41, 5.74) is 2.09. The van der Waals surface area contributed by atoms with Gasteiger partial charge >= 0.3 is 0 Å². The molecule has 170 valence electrons. The molecule has 2 aromatic carbocycles. The van der Waals surface area contributed by atoms with Crippen molar-refractivity contribution in [1.82, 2.24) is 10.2 Å². The Morgan fingerprint density at radius 2 is 1.35 bits per heavy atom. The minimum absolute atomic E-state index is 0.000186. The van der Waals surface area contributed by atoms with Crippen molar-refractivity contribution >= 4 is 5.91 Å². The topological polar surface area (TPSA) is 69.3 Å². The summed E-state index contributed by atoms with van der Waals surface area (Å²) in [6, 6.07) is 11.5. The molecule has 0 aliphatic heterocycles. The molecule has 7 nitrogen and oxygen atoms in total. The van der Waals surface area contributed by atoms with E-state index < -0.39 is 0 Å². The zero-order valence-corrected chi connectivity index (χ0v) is 19.2. The highest BCUT2D eigenvalue weighted by molar-refractivity contribution is 5.78. The summed E-state index contributed by atoms with van der Waals surface area (Å²) >= 11 is 0. The van der Waals surface area contributed by atoms with Gasteiger partial charge in [0, 0.05) is 13.1 Å². The first-order valence-electron chi connectivity index (χ1n) is 10.4. The number of carbonyl (C=O) groups excluding carboxylic acids is 1. The Hall–Kier alpha value is -2.93. The molecule has 0 saturated heterocycles. The zero-order chi connectivity index (χ0) is 22.6. The van der Waals surface area contributed by atoms with Crippen LogP contribution in [0.3, 0.4) is 0 Å². The molecule has 0 aromatic heterocycles. The molecule has 1 N–H and O–H groups in total. The molecule has 0 fully saturated rings. The van der Waals surface area contributed by atoms with Gasteiger partial charge in [0.2, 0.25) is 5.91 Å². The van der Waals surface area contributed by atoms with E-state index in [1.165, 1.54) is 5.56 Å². The lowest BCUT2D eigenvalue weighted by Crippen LogP contribution is -2.30. The minimum Gasteiger partial charge on any atom is -0.493 e. The fourth-order valence-corrected chi connectivity index (χ4v) is 3.28. The molecule has 0 atom stereocenters. The number of benzene rings is 2. The molecular formula is C24H34N2O5. The molecule has 2 aromatic rings. The van der Waals surface area contributed by atoms with Gasteiger partial charge in [-0.1, -0.05) is 12.1 Å². The Bertz CT molecular complexity index is 841. The van der Waals surface area contributed by atoms with Gasteiger partial charge in [0.05, 0.1) is 34.9 Å². The van der Waals surface area contributed by atoms with Gasteiger partial charge in [-0.05, 0) is 61.8 Å². The lowest BCUT2D eigenvalue weighted by Gasteiger charge is -2.17. The smallest absolute Gasteiger partial charge is 0.224 e. The molecule has 31 heavy (non-hydrogen) atoms. The number of hydrogen-bond donors (Lipinski definition) is 1. The van der Waals surface area contributed by atoms with Crippen molar-refractivity contribution in [3.05, 3.63) is 47.5 Å². The van der Waals surface area contributed by atoms with E-state index in [4.69, 9.17) is 18.9 Å².